The van der Waals surface area contributed by atoms with Gasteiger partial charge in [-0.3, -0.25) is 9.59 Å². The molecule has 3 rings (SSSR count). The van der Waals surface area contributed by atoms with E-state index in [4.69, 9.17) is 4.74 Å². The van der Waals surface area contributed by atoms with Crippen molar-refractivity contribution in [3.63, 3.8) is 0 Å². The molecule has 7 nitrogen and oxygen atoms in total. The van der Waals surface area contributed by atoms with Crippen molar-refractivity contribution < 1.29 is 14.3 Å². The van der Waals surface area contributed by atoms with Gasteiger partial charge in [-0.2, -0.15) is 0 Å². The molecule has 0 fully saturated rings. The van der Waals surface area contributed by atoms with E-state index in [0.29, 0.717) is 37.8 Å². The SMILES string of the molecule is COCCNC(=O)c1nc(C(=O)NCc2ccccc2C)n2c1CCCC2. The van der Waals surface area contributed by atoms with E-state index in [0.717, 1.165) is 36.1 Å². The average molecular weight is 370 g/mol. The number of nitrogens with one attached hydrogen (secondary N) is 2. The minimum Gasteiger partial charge on any atom is -0.383 e. The first-order valence-electron chi connectivity index (χ1n) is 9.31. The zero-order chi connectivity index (χ0) is 19.2. The quantitative estimate of drug-likeness (QED) is 0.728. The van der Waals surface area contributed by atoms with E-state index in [1.54, 1.807) is 7.11 Å². The molecule has 2 amide bonds. The van der Waals surface area contributed by atoms with Crippen LogP contribution in [0, 0.1) is 6.92 Å². The Morgan fingerprint density at radius 1 is 1.19 bits per heavy atom. The monoisotopic (exact) mass is 370 g/mol. The lowest BCUT2D eigenvalue weighted by Gasteiger charge is -2.17. The number of carbonyl (C=O) groups is 2. The summed E-state index contributed by atoms with van der Waals surface area (Å²) in [5.41, 5.74) is 3.39. The molecule has 0 saturated heterocycles. The third kappa shape index (κ3) is 4.36. The Morgan fingerprint density at radius 3 is 2.78 bits per heavy atom. The van der Waals surface area contributed by atoms with Crippen LogP contribution in [0.2, 0.25) is 0 Å². The van der Waals surface area contributed by atoms with Crippen LogP contribution in [0.1, 0.15) is 50.8 Å². The number of nitrogens with zero attached hydrogens (tertiary/aromatic N) is 2. The van der Waals surface area contributed by atoms with Crippen molar-refractivity contribution in [1.82, 2.24) is 20.2 Å². The summed E-state index contributed by atoms with van der Waals surface area (Å²) in [5, 5.41) is 5.73. The number of benzene rings is 1. The molecule has 1 aliphatic heterocycles. The van der Waals surface area contributed by atoms with E-state index in [-0.39, 0.29) is 11.8 Å². The third-order valence-corrected chi connectivity index (χ3v) is 4.83. The highest BCUT2D eigenvalue weighted by molar-refractivity contribution is 5.97. The van der Waals surface area contributed by atoms with Gasteiger partial charge in [-0.05, 0) is 37.3 Å². The lowest BCUT2D eigenvalue weighted by molar-refractivity contribution is 0.0931. The molecule has 1 aliphatic rings. The van der Waals surface area contributed by atoms with E-state index in [9.17, 15) is 9.59 Å². The van der Waals surface area contributed by atoms with Gasteiger partial charge in [-0.15, -0.1) is 0 Å². The standard InChI is InChI=1S/C20H26N4O3/c1-14-7-3-4-8-15(14)13-22-20(26)18-23-17(19(25)21-10-12-27-2)16-9-5-6-11-24(16)18/h3-4,7-8H,5-6,9-13H2,1-2H3,(H,21,25)(H,22,26). The highest BCUT2D eigenvalue weighted by Gasteiger charge is 2.27. The Balaban J connectivity index is 1.77. The Kier molecular flexibility index (Phi) is 6.24. The van der Waals surface area contributed by atoms with E-state index in [1.807, 2.05) is 35.8 Å². The average Bonchev–Trinajstić information content (AvgIpc) is 3.07. The number of imidazole rings is 1. The fourth-order valence-electron chi connectivity index (χ4n) is 3.31. The maximum atomic E-state index is 12.8. The van der Waals surface area contributed by atoms with Crippen LogP contribution < -0.4 is 10.6 Å². The van der Waals surface area contributed by atoms with Gasteiger partial charge in [-0.1, -0.05) is 24.3 Å². The second kappa shape index (κ2) is 8.81. The lowest BCUT2D eigenvalue weighted by Crippen LogP contribution is -2.28. The molecule has 1 aromatic heterocycles. The molecule has 144 valence electrons. The number of aromatic nitrogens is 2. The second-order valence-corrected chi connectivity index (χ2v) is 6.70. The smallest absolute Gasteiger partial charge is 0.287 e. The first-order valence-corrected chi connectivity index (χ1v) is 9.31. The van der Waals surface area contributed by atoms with Crippen molar-refractivity contribution in [2.24, 2.45) is 0 Å². The van der Waals surface area contributed by atoms with Gasteiger partial charge in [0.2, 0.25) is 0 Å². The van der Waals surface area contributed by atoms with Gasteiger partial charge in [0.1, 0.15) is 5.69 Å². The van der Waals surface area contributed by atoms with Crippen LogP contribution in [-0.4, -0.2) is 41.6 Å². The first kappa shape index (κ1) is 19.1. The fourth-order valence-corrected chi connectivity index (χ4v) is 3.31. The minimum absolute atomic E-state index is 0.252. The molecule has 0 saturated carbocycles. The Labute approximate surface area is 159 Å². The Hall–Kier alpha value is -2.67. The van der Waals surface area contributed by atoms with Gasteiger partial charge in [0.15, 0.2) is 5.82 Å². The molecule has 2 N–H and O–H groups in total. The van der Waals surface area contributed by atoms with Gasteiger partial charge in [-0.25, -0.2) is 4.98 Å². The summed E-state index contributed by atoms with van der Waals surface area (Å²) in [7, 11) is 1.58. The summed E-state index contributed by atoms with van der Waals surface area (Å²) in [6.07, 6.45) is 2.73. The van der Waals surface area contributed by atoms with E-state index in [1.165, 1.54) is 0 Å². The molecule has 0 unspecified atom stereocenters. The van der Waals surface area contributed by atoms with E-state index >= 15 is 0 Å². The summed E-state index contributed by atoms with van der Waals surface area (Å²) in [6, 6.07) is 7.93. The maximum absolute atomic E-state index is 12.8. The molecule has 2 heterocycles. The van der Waals surface area contributed by atoms with E-state index in [2.05, 4.69) is 15.6 Å². The van der Waals surface area contributed by atoms with Crippen LogP contribution in [0.25, 0.3) is 0 Å². The molecule has 0 spiro atoms. The maximum Gasteiger partial charge on any atom is 0.287 e. The van der Waals surface area contributed by atoms with Gasteiger partial charge >= 0.3 is 0 Å². The van der Waals surface area contributed by atoms with Gasteiger partial charge in [0, 0.05) is 26.7 Å². The molecule has 0 bridgehead atoms. The molecule has 0 atom stereocenters. The van der Waals surface area contributed by atoms with E-state index < -0.39 is 0 Å². The molecule has 1 aromatic carbocycles. The topological polar surface area (TPSA) is 85.2 Å². The molecule has 27 heavy (non-hydrogen) atoms. The van der Waals surface area contributed by atoms with Crippen LogP contribution in [0.5, 0.6) is 0 Å². The number of rotatable bonds is 7. The molecule has 7 heteroatoms. The third-order valence-electron chi connectivity index (χ3n) is 4.83. The lowest BCUT2D eigenvalue weighted by atomic mass is 10.1. The summed E-state index contributed by atoms with van der Waals surface area (Å²) >= 11 is 0. The predicted molar refractivity (Wildman–Crippen MR) is 102 cm³/mol. The number of hydrogen-bond acceptors (Lipinski definition) is 4. The summed E-state index contributed by atoms with van der Waals surface area (Å²) in [4.78, 5) is 29.6. The minimum atomic E-state index is -0.254. The van der Waals surface area contributed by atoms with Crippen LogP contribution in [0.15, 0.2) is 24.3 Å². The van der Waals surface area contributed by atoms with Crippen LogP contribution in [-0.2, 0) is 24.2 Å². The summed E-state index contributed by atoms with van der Waals surface area (Å²) in [6.45, 7) is 4.01. The van der Waals surface area contributed by atoms with Crippen molar-refractivity contribution in [1.29, 1.82) is 0 Å². The molecular formula is C20H26N4O3. The summed E-state index contributed by atoms with van der Waals surface area (Å²) in [5.74, 6) is -0.192. The van der Waals surface area contributed by atoms with Crippen molar-refractivity contribution in [2.75, 3.05) is 20.3 Å². The van der Waals surface area contributed by atoms with Gasteiger partial charge in [0.05, 0.1) is 12.3 Å². The zero-order valence-electron chi connectivity index (χ0n) is 15.9. The van der Waals surface area contributed by atoms with Crippen molar-refractivity contribution in [3.8, 4) is 0 Å². The van der Waals surface area contributed by atoms with Crippen molar-refractivity contribution >= 4 is 11.8 Å². The highest BCUT2D eigenvalue weighted by atomic mass is 16.5. The Morgan fingerprint density at radius 2 is 2.00 bits per heavy atom. The zero-order valence-corrected chi connectivity index (χ0v) is 15.9. The van der Waals surface area contributed by atoms with Crippen molar-refractivity contribution in [2.45, 2.75) is 39.3 Å². The normalized spacial score (nSPS) is 13.1. The van der Waals surface area contributed by atoms with Crippen LogP contribution in [0.4, 0.5) is 0 Å². The summed E-state index contributed by atoms with van der Waals surface area (Å²) < 4.78 is 6.85. The number of amides is 2. The fraction of sp³-hybridized carbons (Fsp3) is 0.450. The van der Waals surface area contributed by atoms with Crippen LogP contribution >= 0.6 is 0 Å². The molecule has 0 radical (unpaired) electrons. The number of fused-ring (bicyclic) bond motifs is 1. The van der Waals surface area contributed by atoms with Gasteiger partial charge < -0.3 is 19.9 Å². The van der Waals surface area contributed by atoms with Crippen LogP contribution in [0.3, 0.4) is 0 Å². The van der Waals surface area contributed by atoms with Gasteiger partial charge in [0.25, 0.3) is 11.8 Å². The van der Waals surface area contributed by atoms with Crippen molar-refractivity contribution in [3.05, 3.63) is 52.6 Å². The number of hydrogen-bond donors (Lipinski definition) is 2. The highest BCUT2D eigenvalue weighted by Crippen LogP contribution is 2.21. The number of methoxy groups -OCH3 is 1. The number of aryl methyl sites for hydroxylation is 1. The second-order valence-electron chi connectivity index (χ2n) is 6.70. The molecular weight excluding hydrogens is 344 g/mol. The number of carbonyl (C=O) groups excluding carboxylic acids is 2. The predicted octanol–water partition coefficient (Wildman–Crippen LogP) is 1.83. The first-order chi connectivity index (χ1) is 13.1. The Bertz CT molecular complexity index is 829. The number of ether oxygens (including phenoxy) is 1. The molecule has 0 aliphatic carbocycles. The molecule has 2 aromatic rings. The largest absolute Gasteiger partial charge is 0.383 e.